The fraction of sp³-hybridized carbons (Fsp3) is 0.400. The SMILES string of the molecule is CN(C[C@@H]1OC(=O)N2c3ccc(-c4ccc([C@@]5(C#N)[C@@H]6CN(C#N)C[C@@H]65)nc4)cc3C[C@@H]12)C(=O)O. The van der Waals surface area contributed by atoms with Crippen molar-refractivity contribution in [2.75, 3.05) is 31.6 Å². The molecule has 1 aromatic heterocycles. The number of cyclic esters (lactones) is 1. The molecule has 176 valence electrons. The van der Waals surface area contributed by atoms with E-state index in [0.717, 1.165) is 33.0 Å². The van der Waals surface area contributed by atoms with Crippen LogP contribution in [0.15, 0.2) is 36.5 Å². The largest absolute Gasteiger partial charge is 0.465 e. The number of fused-ring (bicyclic) bond motifs is 4. The van der Waals surface area contributed by atoms with Gasteiger partial charge in [-0.3, -0.25) is 9.88 Å². The number of hydrogen-bond acceptors (Lipinski definition) is 7. The van der Waals surface area contributed by atoms with E-state index < -0.39 is 23.7 Å². The number of hydrogen-bond donors (Lipinski definition) is 1. The number of nitriles is 2. The Labute approximate surface area is 201 Å². The maximum absolute atomic E-state index is 12.5. The number of carbonyl (C=O) groups is 2. The monoisotopic (exact) mass is 470 g/mol. The van der Waals surface area contributed by atoms with Gasteiger partial charge in [-0.2, -0.15) is 10.5 Å². The Morgan fingerprint density at radius 2 is 2.00 bits per heavy atom. The molecule has 1 aromatic carbocycles. The number of anilines is 1. The molecular weight excluding hydrogens is 448 g/mol. The van der Waals surface area contributed by atoms with E-state index in [1.807, 2.05) is 30.3 Å². The summed E-state index contributed by atoms with van der Waals surface area (Å²) in [7, 11) is 1.46. The lowest BCUT2D eigenvalue weighted by molar-refractivity contribution is 0.0961. The van der Waals surface area contributed by atoms with Crippen molar-refractivity contribution in [1.29, 1.82) is 10.5 Å². The Morgan fingerprint density at radius 3 is 2.63 bits per heavy atom. The van der Waals surface area contributed by atoms with Gasteiger partial charge in [-0.15, -0.1) is 0 Å². The molecule has 1 aliphatic carbocycles. The van der Waals surface area contributed by atoms with Crippen LogP contribution in [0.1, 0.15) is 11.3 Å². The van der Waals surface area contributed by atoms with Crippen molar-refractivity contribution in [3.63, 3.8) is 0 Å². The summed E-state index contributed by atoms with van der Waals surface area (Å²) >= 11 is 0. The van der Waals surface area contributed by atoms with E-state index in [2.05, 4.69) is 17.2 Å². The minimum atomic E-state index is -1.07. The minimum absolute atomic E-state index is 0.114. The van der Waals surface area contributed by atoms with Crippen LogP contribution < -0.4 is 4.90 Å². The van der Waals surface area contributed by atoms with Crippen LogP contribution in [-0.2, 0) is 16.6 Å². The molecule has 2 saturated heterocycles. The van der Waals surface area contributed by atoms with Crippen molar-refractivity contribution in [3.05, 3.63) is 47.8 Å². The normalized spacial score (nSPS) is 29.5. The van der Waals surface area contributed by atoms with E-state index in [1.165, 1.54) is 7.05 Å². The third kappa shape index (κ3) is 2.96. The fourth-order valence-electron chi connectivity index (χ4n) is 6.09. The number of likely N-dealkylation sites (N-methyl/N-ethyl adjacent to an activating group) is 1. The molecule has 2 aromatic rings. The average molecular weight is 470 g/mol. The van der Waals surface area contributed by atoms with Crippen LogP contribution in [0.2, 0.25) is 0 Å². The summed E-state index contributed by atoms with van der Waals surface area (Å²) in [6.45, 7) is 1.32. The quantitative estimate of drug-likeness (QED) is 0.674. The lowest BCUT2D eigenvalue weighted by atomic mass is 9.95. The number of piperidine rings is 1. The van der Waals surface area contributed by atoms with Crippen LogP contribution >= 0.6 is 0 Å². The van der Waals surface area contributed by atoms with Gasteiger partial charge in [0.2, 0.25) is 0 Å². The predicted octanol–water partition coefficient (Wildman–Crippen LogP) is 2.41. The molecule has 0 bridgehead atoms. The first-order valence-electron chi connectivity index (χ1n) is 11.5. The summed E-state index contributed by atoms with van der Waals surface area (Å²) in [6, 6.07) is 12.0. The topological polar surface area (TPSA) is 134 Å². The van der Waals surface area contributed by atoms with Crippen LogP contribution in [0.3, 0.4) is 0 Å². The third-order valence-electron chi connectivity index (χ3n) is 7.99. The van der Waals surface area contributed by atoms with Crippen LogP contribution in [0.4, 0.5) is 15.3 Å². The van der Waals surface area contributed by atoms with Gasteiger partial charge in [-0.25, -0.2) is 9.59 Å². The van der Waals surface area contributed by atoms with E-state index in [-0.39, 0.29) is 24.4 Å². The van der Waals surface area contributed by atoms with E-state index in [9.17, 15) is 20.0 Å². The second kappa shape index (κ2) is 7.34. The van der Waals surface area contributed by atoms with Crippen LogP contribution in [-0.4, -0.2) is 70.9 Å². The van der Waals surface area contributed by atoms with Crippen LogP contribution in [0, 0.1) is 34.6 Å². The highest BCUT2D eigenvalue weighted by Crippen LogP contribution is 2.62. The molecule has 10 nitrogen and oxygen atoms in total. The second-order valence-electron chi connectivity index (χ2n) is 9.70. The number of aromatic nitrogens is 1. The minimum Gasteiger partial charge on any atom is -0.465 e. The zero-order valence-corrected chi connectivity index (χ0v) is 19.0. The molecule has 0 spiro atoms. The highest BCUT2D eigenvalue weighted by molar-refractivity contribution is 5.94. The number of carboxylic acid groups (broad SMARTS) is 1. The number of pyridine rings is 1. The second-order valence-corrected chi connectivity index (χ2v) is 9.70. The van der Waals surface area contributed by atoms with Crippen molar-refractivity contribution in [2.45, 2.75) is 24.0 Å². The summed E-state index contributed by atoms with van der Waals surface area (Å²) in [5.41, 5.74) is 3.79. The summed E-state index contributed by atoms with van der Waals surface area (Å²) in [6.07, 6.45) is 2.47. The van der Waals surface area contributed by atoms with E-state index in [0.29, 0.717) is 19.5 Å². The van der Waals surface area contributed by atoms with Crippen LogP contribution in [0.5, 0.6) is 0 Å². The lowest BCUT2D eigenvalue weighted by Gasteiger charge is -2.21. The molecule has 4 heterocycles. The van der Waals surface area contributed by atoms with Gasteiger partial charge in [0, 0.05) is 43.7 Å². The van der Waals surface area contributed by atoms with Crippen molar-refractivity contribution in [3.8, 4) is 23.4 Å². The van der Waals surface area contributed by atoms with E-state index in [4.69, 9.17) is 10.00 Å². The number of rotatable bonds is 4. The summed E-state index contributed by atoms with van der Waals surface area (Å²) in [5.74, 6) is 0.290. The van der Waals surface area contributed by atoms with Crippen molar-refractivity contribution in [2.24, 2.45) is 11.8 Å². The maximum atomic E-state index is 12.5. The van der Waals surface area contributed by atoms with E-state index in [1.54, 1.807) is 16.0 Å². The van der Waals surface area contributed by atoms with Gasteiger partial charge in [-0.05, 0) is 35.7 Å². The average Bonchev–Trinajstić information content (AvgIpc) is 3.22. The highest BCUT2D eigenvalue weighted by Gasteiger charge is 2.71. The number of likely N-dealkylation sites (tertiary alicyclic amines) is 1. The number of benzene rings is 1. The van der Waals surface area contributed by atoms with Crippen LogP contribution in [0.25, 0.3) is 11.1 Å². The van der Waals surface area contributed by atoms with Gasteiger partial charge in [0.05, 0.1) is 30.0 Å². The maximum Gasteiger partial charge on any atom is 0.415 e. The molecular formula is C25H22N6O4. The van der Waals surface area contributed by atoms with Gasteiger partial charge >= 0.3 is 12.2 Å². The third-order valence-corrected chi connectivity index (χ3v) is 7.99. The fourth-order valence-corrected chi connectivity index (χ4v) is 6.09. The number of ether oxygens (including phenoxy) is 1. The molecule has 4 aliphatic rings. The Balaban J connectivity index is 1.22. The Hall–Kier alpha value is -4.31. The number of carbonyl (C=O) groups excluding carboxylic acids is 1. The molecule has 5 atom stereocenters. The van der Waals surface area contributed by atoms with Gasteiger partial charge < -0.3 is 19.6 Å². The molecule has 3 fully saturated rings. The van der Waals surface area contributed by atoms with E-state index >= 15 is 0 Å². The summed E-state index contributed by atoms with van der Waals surface area (Å²) < 4.78 is 5.45. The Morgan fingerprint density at radius 1 is 1.26 bits per heavy atom. The first kappa shape index (κ1) is 21.2. The molecule has 0 unspecified atom stereocenters. The zero-order chi connectivity index (χ0) is 24.5. The number of nitrogens with zero attached hydrogens (tertiary/aromatic N) is 6. The zero-order valence-electron chi connectivity index (χ0n) is 19.0. The smallest absolute Gasteiger partial charge is 0.415 e. The molecule has 0 radical (unpaired) electrons. The number of amides is 2. The molecule has 1 N–H and O–H groups in total. The van der Waals surface area contributed by atoms with Gasteiger partial charge in [0.25, 0.3) is 0 Å². The van der Waals surface area contributed by atoms with Gasteiger partial charge in [0.1, 0.15) is 11.5 Å². The van der Waals surface area contributed by atoms with Gasteiger partial charge in [0.15, 0.2) is 6.19 Å². The summed E-state index contributed by atoms with van der Waals surface area (Å²) in [4.78, 5) is 32.8. The Bertz CT molecular complexity index is 1320. The van der Waals surface area contributed by atoms with Crippen molar-refractivity contribution >= 4 is 17.9 Å². The highest BCUT2D eigenvalue weighted by atomic mass is 16.6. The first-order chi connectivity index (χ1) is 16.9. The molecule has 35 heavy (non-hydrogen) atoms. The van der Waals surface area contributed by atoms with Crippen molar-refractivity contribution < 1.29 is 19.4 Å². The molecule has 6 rings (SSSR count). The predicted molar refractivity (Wildman–Crippen MR) is 122 cm³/mol. The first-order valence-corrected chi connectivity index (χ1v) is 11.5. The lowest BCUT2D eigenvalue weighted by Crippen LogP contribution is -2.41. The van der Waals surface area contributed by atoms with Gasteiger partial charge in [-0.1, -0.05) is 12.1 Å². The summed E-state index contributed by atoms with van der Waals surface area (Å²) in [5, 5.41) is 28.2. The molecule has 10 heteroatoms. The molecule has 2 amide bonds. The van der Waals surface area contributed by atoms with Crippen molar-refractivity contribution in [1.82, 2.24) is 14.8 Å². The Kier molecular flexibility index (Phi) is 4.46. The molecule has 3 aliphatic heterocycles. The molecule has 1 saturated carbocycles. The standard InChI is InChI=1S/C25H22N6O4/c1-29(23(32)33)11-21-20-7-16-6-14(2-4-19(16)31(20)24(34)35-21)15-3-5-22(28-8-15)25(12-26)17-9-30(13-27)10-18(17)25/h2-6,8,17-18,20-21H,7,9-11H2,1H3,(H,32,33)/t17-,18+,20-,21-,25+/m0/s1.